The smallest absolute Gasteiger partial charge is 0.276 e. The lowest BCUT2D eigenvalue weighted by Crippen LogP contribution is -2.13. The second-order valence-corrected chi connectivity index (χ2v) is 8.94. The van der Waals surface area contributed by atoms with Gasteiger partial charge in [-0.3, -0.25) is 4.79 Å². The van der Waals surface area contributed by atoms with Crippen molar-refractivity contribution in [1.82, 2.24) is 9.78 Å². The number of nitrogens with one attached hydrogen (secondary N) is 1. The van der Waals surface area contributed by atoms with Crippen LogP contribution in [0.25, 0.3) is 28.1 Å². The molecule has 0 aliphatic carbocycles. The van der Waals surface area contributed by atoms with Crippen molar-refractivity contribution in [2.24, 2.45) is 0 Å². The second-order valence-electron chi connectivity index (χ2n) is 8.94. The van der Waals surface area contributed by atoms with Gasteiger partial charge in [-0.25, -0.2) is 4.68 Å². The minimum absolute atomic E-state index is 0.233. The van der Waals surface area contributed by atoms with Crippen LogP contribution in [0.5, 0.6) is 0 Å². The van der Waals surface area contributed by atoms with Crippen molar-refractivity contribution < 1.29 is 4.79 Å². The summed E-state index contributed by atoms with van der Waals surface area (Å²) < 4.78 is 1.85. The highest BCUT2D eigenvalue weighted by Crippen LogP contribution is 2.28. The Morgan fingerprint density at radius 1 is 0.657 bits per heavy atom. The number of hydrogen-bond donors (Lipinski definition) is 1. The summed E-state index contributed by atoms with van der Waals surface area (Å²) in [6, 6.07) is 34.7. The highest BCUT2D eigenvalue weighted by atomic mass is 16.1. The zero-order valence-electron chi connectivity index (χ0n) is 20.1. The number of carbonyl (C=O) groups excluding carboxylic acids is 1. The van der Waals surface area contributed by atoms with Gasteiger partial charge < -0.3 is 5.32 Å². The molecule has 35 heavy (non-hydrogen) atoms. The topological polar surface area (TPSA) is 46.9 Å². The Hall–Kier alpha value is -4.44. The zero-order valence-corrected chi connectivity index (χ0v) is 20.1. The molecule has 0 spiro atoms. The first-order chi connectivity index (χ1) is 17.0. The molecule has 1 amide bonds. The van der Waals surface area contributed by atoms with E-state index in [1.54, 1.807) is 0 Å². The van der Waals surface area contributed by atoms with E-state index in [2.05, 4.69) is 66.8 Å². The Morgan fingerprint density at radius 3 is 2.00 bits per heavy atom. The Balaban J connectivity index is 1.54. The standard InChI is InChI=1S/C31H27N3O/c1-21-8-7-11-28(19-21)34-30(26-14-12-25(13-15-26)24-9-5-4-6-10-24)20-29(33-34)31(35)32-27-17-22(2)16-23(3)18-27/h4-20H,1-3H3,(H,32,35). The van der Waals surface area contributed by atoms with Crippen molar-refractivity contribution in [3.05, 3.63) is 126 Å². The lowest BCUT2D eigenvalue weighted by molar-refractivity contribution is 0.102. The lowest BCUT2D eigenvalue weighted by atomic mass is 10.0. The molecule has 0 atom stereocenters. The number of hydrogen-bond acceptors (Lipinski definition) is 2. The maximum absolute atomic E-state index is 13.2. The van der Waals surface area contributed by atoms with E-state index in [4.69, 9.17) is 5.10 Å². The number of rotatable bonds is 5. The summed E-state index contributed by atoms with van der Waals surface area (Å²) in [5, 5.41) is 7.73. The van der Waals surface area contributed by atoms with Gasteiger partial charge in [0.2, 0.25) is 0 Å². The molecular formula is C31H27N3O. The molecule has 0 saturated heterocycles. The largest absolute Gasteiger partial charge is 0.321 e. The number of nitrogens with zero attached hydrogens (tertiary/aromatic N) is 2. The molecule has 1 N–H and O–H groups in total. The van der Waals surface area contributed by atoms with Gasteiger partial charge in [-0.05, 0) is 78.9 Å². The van der Waals surface area contributed by atoms with Crippen LogP contribution in [0, 0.1) is 20.8 Å². The van der Waals surface area contributed by atoms with Crippen LogP contribution in [0.2, 0.25) is 0 Å². The van der Waals surface area contributed by atoms with Gasteiger partial charge >= 0.3 is 0 Å². The Bertz CT molecular complexity index is 1480. The molecule has 0 aliphatic heterocycles. The molecular weight excluding hydrogens is 430 g/mol. The third kappa shape index (κ3) is 4.92. The number of carbonyl (C=O) groups is 1. The fourth-order valence-corrected chi connectivity index (χ4v) is 4.36. The zero-order chi connectivity index (χ0) is 24.4. The molecule has 1 aromatic heterocycles. The molecule has 0 saturated carbocycles. The SMILES string of the molecule is Cc1cc(C)cc(NC(=O)c2cc(-c3ccc(-c4ccccc4)cc3)n(-c3cccc(C)c3)n2)c1. The normalized spacial score (nSPS) is 10.8. The minimum Gasteiger partial charge on any atom is -0.321 e. The van der Waals surface area contributed by atoms with Gasteiger partial charge in [0.15, 0.2) is 5.69 Å². The molecule has 0 unspecified atom stereocenters. The summed E-state index contributed by atoms with van der Waals surface area (Å²) in [5.74, 6) is -0.233. The van der Waals surface area contributed by atoms with Crippen LogP contribution < -0.4 is 5.32 Å². The highest BCUT2D eigenvalue weighted by molar-refractivity contribution is 6.03. The quantitative estimate of drug-likeness (QED) is 0.299. The van der Waals surface area contributed by atoms with Gasteiger partial charge in [0, 0.05) is 11.3 Å². The summed E-state index contributed by atoms with van der Waals surface area (Å²) in [6.45, 7) is 6.09. The fraction of sp³-hybridized carbons (Fsp3) is 0.0968. The molecule has 4 heteroatoms. The van der Waals surface area contributed by atoms with Crippen molar-refractivity contribution in [2.75, 3.05) is 5.32 Å². The van der Waals surface area contributed by atoms with Crippen molar-refractivity contribution >= 4 is 11.6 Å². The summed E-state index contributed by atoms with van der Waals surface area (Å²) in [6.07, 6.45) is 0. The molecule has 0 aliphatic rings. The second kappa shape index (κ2) is 9.43. The molecule has 4 nitrogen and oxygen atoms in total. The number of anilines is 1. The number of amides is 1. The predicted octanol–water partition coefficient (Wildman–Crippen LogP) is 7.38. The molecule has 0 radical (unpaired) electrons. The molecule has 0 bridgehead atoms. The Morgan fingerprint density at radius 2 is 1.31 bits per heavy atom. The molecule has 1 heterocycles. The summed E-state index contributed by atoms with van der Waals surface area (Å²) >= 11 is 0. The van der Waals surface area contributed by atoms with Crippen LogP contribution in [-0.4, -0.2) is 15.7 Å². The number of aryl methyl sites for hydroxylation is 3. The van der Waals surface area contributed by atoms with E-state index in [1.807, 2.05) is 67.1 Å². The molecule has 172 valence electrons. The minimum atomic E-state index is -0.233. The molecule has 0 fully saturated rings. The van der Waals surface area contributed by atoms with E-state index < -0.39 is 0 Å². The lowest BCUT2D eigenvalue weighted by Gasteiger charge is -2.09. The average Bonchev–Trinajstić information content (AvgIpc) is 3.30. The van der Waals surface area contributed by atoms with Crippen LogP contribution in [0.15, 0.2) is 103 Å². The van der Waals surface area contributed by atoms with Crippen molar-refractivity contribution in [1.29, 1.82) is 0 Å². The molecule has 5 aromatic rings. The van der Waals surface area contributed by atoms with Crippen LogP contribution in [0.4, 0.5) is 5.69 Å². The molecule has 4 aromatic carbocycles. The predicted molar refractivity (Wildman–Crippen MR) is 143 cm³/mol. The van der Waals surface area contributed by atoms with E-state index in [1.165, 1.54) is 5.56 Å². The van der Waals surface area contributed by atoms with Crippen LogP contribution in [0.3, 0.4) is 0 Å². The van der Waals surface area contributed by atoms with Crippen molar-refractivity contribution in [3.63, 3.8) is 0 Å². The van der Waals surface area contributed by atoms with Gasteiger partial charge in [-0.2, -0.15) is 5.10 Å². The Kier molecular flexibility index (Phi) is 6.02. The monoisotopic (exact) mass is 457 g/mol. The van der Waals surface area contributed by atoms with Crippen molar-refractivity contribution in [3.8, 4) is 28.1 Å². The van der Waals surface area contributed by atoms with Crippen LogP contribution in [-0.2, 0) is 0 Å². The third-order valence-electron chi connectivity index (χ3n) is 5.96. The summed E-state index contributed by atoms with van der Waals surface area (Å²) in [4.78, 5) is 13.2. The number of aromatic nitrogens is 2. The van der Waals surface area contributed by atoms with Gasteiger partial charge in [0.1, 0.15) is 0 Å². The van der Waals surface area contributed by atoms with E-state index in [0.29, 0.717) is 5.69 Å². The highest BCUT2D eigenvalue weighted by Gasteiger charge is 2.17. The van der Waals surface area contributed by atoms with E-state index in [9.17, 15) is 4.79 Å². The number of benzene rings is 4. The first-order valence-electron chi connectivity index (χ1n) is 11.7. The van der Waals surface area contributed by atoms with Gasteiger partial charge in [-0.1, -0.05) is 72.8 Å². The molecule has 5 rings (SSSR count). The van der Waals surface area contributed by atoms with E-state index >= 15 is 0 Å². The van der Waals surface area contributed by atoms with Crippen LogP contribution >= 0.6 is 0 Å². The maximum atomic E-state index is 13.2. The Labute approximate surface area is 205 Å². The summed E-state index contributed by atoms with van der Waals surface area (Å²) in [7, 11) is 0. The summed E-state index contributed by atoms with van der Waals surface area (Å²) in [5.41, 5.74) is 9.55. The van der Waals surface area contributed by atoms with Gasteiger partial charge in [-0.15, -0.1) is 0 Å². The van der Waals surface area contributed by atoms with Gasteiger partial charge in [0.25, 0.3) is 5.91 Å². The van der Waals surface area contributed by atoms with Crippen molar-refractivity contribution in [2.45, 2.75) is 20.8 Å². The fourth-order valence-electron chi connectivity index (χ4n) is 4.36. The van der Waals surface area contributed by atoms with Gasteiger partial charge in [0.05, 0.1) is 11.4 Å². The van der Waals surface area contributed by atoms with E-state index in [0.717, 1.165) is 44.9 Å². The third-order valence-corrected chi connectivity index (χ3v) is 5.96. The van der Waals surface area contributed by atoms with E-state index in [-0.39, 0.29) is 5.91 Å². The first-order valence-corrected chi connectivity index (χ1v) is 11.7. The first kappa shape index (κ1) is 22.4. The maximum Gasteiger partial charge on any atom is 0.276 e. The van der Waals surface area contributed by atoms with Crippen LogP contribution in [0.1, 0.15) is 27.2 Å². The average molecular weight is 458 g/mol.